The highest BCUT2D eigenvalue weighted by Gasteiger charge is 2.63. The number of piperidine rings is 3. The monoisotopic (exact) mass is 375 g/mol. The van der Waals surface area contributed by atoms with Crippen molar-refractivity contribution in [2.24, 2.45) is 0 Å². The van der Waals surface area contributed by atoms with Crippen LogP contribution in [0.25, 0.3) is 0 Å². The molecule has 0 aromatic rings. The van der Waals surface area contributed by atoms with E-state index in [1.54, 1.807) is 0 Å². The summed E-state index contributed by atoms with van der Waals surface area (Å²) in [5, 5.41) is 0. The second-order valence-electron chi connectivity index (χ2n) is 10.7. The molecule has 0 aromatic carbocycles. The Bertz CT molecular complexity index is 401. The van der Waals surface area contributed by atoms with Gasteiger partial charge in [-0.25, -0.2) is 0 Å². The smallest absolute Gasteiger partial charge is 0.0444 e. The van der Waals surface area contributed by atoms with Crippen LogP contribution in [0.3, 0.4) is 0 Å². The summed E-state index contributed by atoms with van der Waals surface area (Å²) in [7, 11) is 0. The van der Waals surface area contributed by atoms with E-state index in [1.165, 1.54) is 57.8 Å². The highest BCUT2D eigenvalue weighted by Crippen LogP contribution is 2.48. The van der Waals surface area contributed by atoms with Crippen molar-refractivity contribution in [3.63, 3.8) is 0 Å². The molecule has 6 atom stereocenters. The Labute approximate surface area is 168 Å². The summed E-state index contributed by atoms with van der Waals surface area (Å²) in [4.78, 5) is 8.92. The van der Waals surface area contributed by atoms with E-state index in [9.17, 15) is 0 Å². The first-order valence-corrected chi connectivity index (χ1v) is 12.2. The van der Waals surface area contributed by atoms with Crippen molar-refractivity contribution >= 4 is 0 Å². The van der Waals surface area contributed by atoms with Crippen LogP contribution in [0, 0.1) is 0 Å². The van der Waals surface area contributed by atoms with Crippen molar-refractivity contribution in [3.05, 3.63) is 0 Å². The third-order valence-corrected chi connectivity index (χ3v) is 8.73. The Morgan fingerprint density at radius 3 is 0.741 bits per heavy atom. The van der Waals surface area contributed by atoms with Gasteiger partial charge >= 0.3 is 0 Å². The molecule has 3 heterocycles. The highest BCUT2D eigenvalue weighted by molar-refractivity contribution is 5.22. The lowest BCUT2D eigenvalue weighted by molar-refractivity contribution is 0.0479. The van der Waals surface area contributed by atoms with Crippen LogP contribution in [0.2, 0.25) is 0 Å². The molecule has 0 radical (unpaired) electrons. The molecule has 3 aliphatic heterocycles. The van der Waals surface area contributed by atoms with Crippen LogP contribution in [-0.4, -0.2) is 69.1 Å². The second kappa shape index (κ2) is 7.95. The van der Waals surface area contributed by atoms with Gasteiger partial charge in [-0.2, -0.15) is 0 Å². The molecule has 4 aliphatic rings. The van der Waals surface area contributed by atoms with E-state index in [0.717, 1.165) is 54.4 Å². The zero-order valence-corrected chi connectivity index (χ0v) is 18.9. The third kappa shape index (κ3) is 3.62. The van der Waals surface area contributed by atoms with E-state index in [2.05, 4.69) is 56.2 Å². The average molecular weight is 376 g/mol. The van der Waals surface area contributed by atoms with Gasteiger partial charge in [-0.15, -0.1) is 0 Å². The Kier molecular flexibility index (Phi) is 5.94. The molecule has 3 heteroatoms. The lowest BCUT2D eigenvalue weighted by Gasteiger charge is -2.43. The summed E-state index contributed by atoms with van der Waals surface area (Å²) >= 11 is 0. The lowest BCUT2D eigenvalue weighted by atomic mass is 9.96. The molecule has 0 N–H and O–H groups in total. The van der Waals surface area contributed by atoms with Crippen molar-refractivity contribution in [2.75, 3.05) is 0 Å². The van der Waals surface area contributed by atoms with Crippen molar-refractivity contribution in [3.8, 4) is 0 Å². The zero-order chi connectivity index (χ0) is 19.3. The van der Waals surface area contributed by atoms with E-state index in [1.807, 2.05) is 0 Å². The van der Waals surface area contributed by atoms with Gasteiger partial charge in [0, 0.05) is 54.4 Å². The van der Waals surface area contributed by atoms with E-state index in [0.29, 0.717) is 0 Å². The normalized spacial score (nSPS) is 50.7. The van der Waals surface area contributed by atoms with Crippen molar-refractivity contribution in [2.45, 2.75) is 154 Å². The maximum atomic E-state index is 2.97. The topological polar surface area (TPSA) is 9.72 Å². The number of hydrogen-bond donors (Lipinski definition) is 0. The summed E-state index contributed by atoms with van der Waals surface area (Å²) in [5.74, 6) is 0. The van der Waals surface area contributed by atoms with Gasteiger partial charge in [0.15, 0.2) is 0 Å². The van der Waals surface area contributed by atoms with Crippen LogP contribution in [-0.2, 0) is 0 Å². The van der Waals surface area contributed by atoms with E-state index in [4.69, 9.17) is 0 Å². The number of likely N-dealkylation sites (tertiary alicyclic amines) is 3. The molecule has 3 nitrogen and oxygen atoms in total. The van der Waals surface area contributed by atoms with Gasteiger partial charge in [-0.3, -0.25) is 14.7 Å². The van der Waals surface area contributed by atoms with Gasteiger partial charge in [0.05, 0.1) is 0 Å². The molecule has 0 unspecified atom stereocenters. The average Bonchev–Trinajstić information content (AvgIpc) is 3.28. The minimum atomic E-state index is 0.761. The molecule has 0 spiro atoms. The molecule has 4 fully saturated rings. The van der Waals surface area contributed by atoms with Crippen molar-refractivity contribution < 1.29 is 0 Å². The maximum absolute atomic E-state index is 2.97. The van der Waals surface area contributed by atoms with Crippen LogP contribution in [0.5, 0.6) is 0 Å². The van der Waals surface area contributed by atoms with Gasteiger partial charge in [-0.05, 0) is 80.1 Å². The fourth-order valence-corrected chi connectivity index (χ4v) is 7.41. The molecule has 0 aromatic heterocycles. The summed E-state index contributed by atoms with van der Waals surface area (Å²) < 4.78 is 0. The minimum absolute atomic E-state index is 0.761. The largest absolute Gasteiger partial charge is 0.292 e. The molecule has 1 aliphatic carbocycles. The highest BCUT2D eigenvalue weighted by atomic mass is 15.4. The number of hydrogen-bond acceptors (Lipinski definition) is 3. The quantitative estimate of drug-likeness (QED) is 0.695. The first kappa shape index (κ1) is 20.2. The van der Waals surface area contributed by atoms with Crippen LogP contribution in [0.15, 0.2) is 0 Å². The summed E-state index contributed by atoms with van der Waals surface area (Å²) in [6.45, 7) is 15.0. The van der Waals surface area contributed by atoms with Crippen LogP contribution in [0.1, 0.15) is 99.3 Å². The van der Waals surface area contributed by atoms with Gasteiger partial charge < -0.3 is 0 Å². The maximum Gasteiger partial charge on any atom is 0.0444 e. The number of nitrogens with zero attached hydrogens (tertiary/aromatic N) is 3. The molecular formula is C24H45N3. The summed E-state index contributed by atoms with van der Waals surface area (Å²) in [6.07, 6.45) is 12.7. The Morgan fingerprint density at radius 2 is 0.556 bits per heavy atom. The summed E-state index contributed by atoms with van der Waals surface area (Å²) in [5.41, 5.74) is 0. The van der Waals surface area contributed by atoms with E-state index in [-0.39, 0.29) is 0 Å². The SMILES string of the molecule is C[C@@H]1CCC[C@H](C)N1C1C(N2[C@H](C)CCC[C@@H]2C)C1N1[C@H](C)CCC[C@@H]1C. The van der Waals surface area contributed by atoms with Crippen molar-refractivity contribution in [1.82, 2.24) is 14.7 Å². The first-order chi connectivity index (χ1) is 12.9. The van der Waals surface area contributed by atoms with Gasteiger partial charge in [0.2, 0.25) is 0 Å². The molecule has 4 rings (SSSR count). The lowest BCUT2D eigenvalue weighted by Crippen LogP contribution is -2.51. The molecular weight excluding hydrogens is 330 g/mol. The molecule has 0 bridgehead atoms. The van der Waals surface area contributed by atoms with Crippen LogP contribution in [0.4, 0.5) is 0 Å². The molecule has 3 saturated heterocycles. The predicted octanol–water partition coefficient (Wildman–Crippen LogP) is 4.89. The molecule has 1 saturated carbocycles. The third-order valence-electron chi connectivity index (χ3n) is 8.73. The van der Waals surface area contributed by atoms with Gasteiger partial charge in [0.1, 0.15) is 0 Å². The molecule has 27 heavy (non-hydrogen) atoms. The summed E-state index contributed by atoms with van der Waals surface area (Å²) in [6, 6.07) is 6.86. The Balaban J connectivity index is 1.63. The Hall–Kier alpha value is -0.120. The molecule has 156 valence electrons. The first-order valence-electron chi connectivity index (χ1n) is 12.2. The predicted molar refractivity (Wildman–Crippen MR) is 115 cm³/mol. The minimum Gasteiger partial charge on any atom is -0.292 e. The fourth-order valence-electron chi connectivity index (χ4n) is 7.41. The zero-order valence-electron chi connectivity index (χ0n) is 18.9. The Morgan fingerprint density at radius 1 is 0.370 bits per heavy atom. The van der Waals surface area contributed by atoms with Gasteiger partial charge in [-0.1, -0.05) is 19.3 Å². The van der Waals surface area contributed by atoms with Crippen molar-refractivity contribution in [1.29, 1.82) is 0 Å². The molecule has 0 amide bonds. The fraction of sp³-hybridized carbons (Fsp3) is 1.00. The van der Waals surface area contributed by atoms with Gasteiger partial charge in [0.25, 0.3) is 0 Å². The number of rotatable bonds is 3. The van der Waals surface area contributed by atoms with E-state index >= 15 is 0 Å². The van der Waals surface area contributed by atoms with Crippen LogP contribution < -0.4 is 0 Å². The van der Waals surface area contributed by atoms with Crippen LogP contribution >= 0.6 is 0 Å². The second-order valence-corrected chi connectivity index (χ2v) is 10.7. The standard InChI is InChI=1S/C24H45N3/c1-16-10-7-11-17(2)25(16)22-23(26-18(3)12-8-13-19(26)4)24(22)27-20(5)14-9-15-21(27)6/h16-24H,7-15H2,1-6H3/t16-,17+,18-,19+,20-,21+,22?,23?,24?. The van der Waals surface area contributed by atoms with E-state index < -0.39 is 0 Å².